The van der Waals surface area contributed by atoms with E-state index in [4.69, 9.17) is 9.47 Å². The van der Waals surface area contributed by atoms with Crippen LogP contribution in [0.15, 0.2) is 93.9 Å². The molecule has 13 heteroatoms. The lowest BCUT2D eigenvalue weighted by Gasteiger charge is -2.14. The first-order valence-corrected chi connectivity index (χ1v) is 15.3. The number of benzene rings is 3. The van der Waals surface area contributed by atoms with Gasteiger partial charge in [0.25, 0.3) is 5.56 Å². The lowest BCUT2D eigenvalue weighted by molar-refractivity contribution is -0.121. The number of thioether (sulfide) groups is 1. The zero-order valence-electron chi connectivity index (χ0n) is 25.7. The number of amidine groups is 1. The number of aromatic nitrogens is 2. The molecule has 12 nitrogen and oxygen atoms in total. The molecule has 2 amide bonds. The fourth-order valence-corrected chi connectivity index (χ4v) is 5.88. The molecule has 1 aromatic heterocycles. The highest BCUT2D eigenvalue weighted by Crippen LogP contribution is 2.34. The third kappa shape index (κ3) is 6.79. The van der Waals surface area contributed by atoms with Crippen molar-refractivity contribution < 1.29 is 23.9 Å². The van der Waals surface area contributed by atoms with Crippen LogP contribution in [0.25, 0.3) is 5.69 Å². The number of anilines is 2. The molecule has 2 heterocycles. The number of esters is 1. The minimum Gasteiger partial charge on any atom is -0.497 e. The van der Waals surface area contributed by atoms with Gasteiger partial charge in [0.1, 0.15) is 16.7 Å². The number of rotatable bonds is 10. The molecule has 0 spiro atoms. The molecule has 1 N–H and O–H groups in total. The number of nitrogens with zero attached hydrogens (tertiary/aromatic N) is 5. The van der Waals surface area contributed by atoms with Gasteiger partial charge in [-0.05, 0) is 80.1 Å². The molecule has 1 fully saturated rings. The number of nitrogens with one attached hydrogen (secondary N) is 1. The lowest BCUT2D eigenvalue weighted by Crippen LogP contribution is -2.37. The van der Waals surface area contributed by atoms with Gasteiger partial charge in [-0.3, -0.25) is 19.1 Å². The Kier molecular flexibility index (Phi) is 9.82. The molecular weight excluding hydrogens is 608 g/mol. The molecule has 0 radical (unpaired) electrons. The topological polar surface area (TPSA) is 137 Å². The third-order valence-corrected chi connectivity index (χ3v) is 8.33. The van der Waals surface area contributed by atoms with Crippen LogP contribution in [0.3, 0.4) is 0 Å². The van der Waals surface area contributed by atoms with Crippen molar-refractivity contribution in [3.05, 3.63) is 106 Å². The number of para-hydroxylation sites is 1. The van der Waals surface area contributed by atoms with Crippen molar-refractivity contribution in [2.75, 3.05) is 23.9 Å². The number of amides is 2. The summed E-state index contributed by atoms with van der Waals surface area (Å²) in [6.07, 6.45) is 1.33. The molecule has 1 aliphatic heterocycles. The quantitative estimate of drug-likeness (QED) is 0.153. The molecule has 4 aromatic rings. The fourth-order valence-electron chi connectivity index (χ4n) is 4.80. The average Bonchev–Trinajstić information content (AvgIpc) is 3.47. The standard InChI is InChI=1S/C33H32N6O6S/c1-5-45-32(43)23-13-15-24(16-14-23)35-28(40)19-27-30(41)38(33(46-27)36-34-20-22-11-17-26(44-4)18-12-22)29-21(2)37(3)39(31(29)42)25-9-7-6-8-10-25/h6-18,20,27H,5,19H2,1-4H3,(H,35,40)/b34-20-,36-33+/t27-/m1/s1. The van der Waals surface area contributed by atoms with Crippen LogP contribution in [0, 0.1) is 6.92 Å². The van der Waals surface area contributed by atoms with Gasteiger partial charge in [-0.25, -0.2) is 14.4 Å². The van der Waals surface area contributed by atoms with E-state index in [1.165, 1.54) is 15.8 Å². The monoisotopic (exact) mass is 640 g/mol. The predicted molar refractivity (Wildman–Crippen MR) is 178 cm³/mol. The van der Waals surface area contributed by atoms with Crippen molar-refractivity contribution in [3.8, 4) is 11.4 Å². The Morgan fingerprint density at radius 3 is 2.35 bits per heavy atom. The average molecular weight is 641 g/mol. The van der Waals surface area contributed by atoms with Gasteiger partial charge >= 0.3 is 5.97 Å². The summed E-state index contributed by atoms with van der Waals surface area (Å²) >= 11 is 1.06. The zero-order valence-corrected chi connectivity index (χ0v) is 26.5. The molecule has 3 aromatic carbocycles. The molecule has 1 aliphatic rings. The van der Waals surface area contributed by atoms with Crippen LogP contribution in [0.4, 0.5) is 11.4 Å². The van der Waals surface area contributed by atoms with Crippen LogP contribution in [0.5, 0.6) is 5.75 Å². The summed E-state index contributed by atoms with van der Waals surface area (Å²) in [6, 6.07) is 22.5. The van der Waals surface area contributed by atoms with Crippen molar-refractivity contribution >= 4 is 52.3 Å². The van der Waals surface area contributed by atoms with Crippen LogP contribution in [0.2, 0.25) is 0 Å². The van der Waals surface area contributed by atoms with Gasteiger partial charge < -0.3 is 14.8 Å². The van der Waals surface area contributed by atoms with Gasteiger partial charge in [-0.1, -0.05) is 30.0 Å². The summed E-state index contributed by atoms with van der Waals surface area (Å²) in [5, 5.41) is 10.6. The van der Waals surface area contributed by atoms with Gasteiger partial charge in [-0.15, -0.1) is 5.10 Å². The van der Waals surface area contributed by atoms with E-state index in [-0.39, 0.29) is 23.9 Å². The molecule has 0 aliphatic carbocycles. The van der Waals surface area contributed by atoms with Crippen molar-refractivity contribution in [3.63, 3.8) is 0 Å². The second-order valence-electron chi connectivity index (χ2n) is 10.1. The van der Waals surface area contributed by atoms with E-state index in [0.29, 0.717) is 28.4 Å². The zero-order chi connectivity index (χ0) is 32.8. The largest absolute Gasteiger partial charge is 0.497 e. The lowest BCUT2D eigenvalue weighted by atomic mass is 10.2. The molecule has 1 atom stereocenters. The second-order valence-corrected chi connectivity index (χ2v) is 11.3. The normalized spacial score (nSPS) is 15.5. The number of carbonyl (C=O) groups is 3. The first-order valence-electron chi connectivity index (χ1n) is 14.4. The highest BCUT2D eigenvalue weighted by Gasteiger charge is 2.43. The SMILES string of the molecule is CCOC(=O)c1ccc(NC(=O)C[C@H]2S/C(=N/N=C\c3ccc(OC)cc3)N(c3c(C)n(C)n(-c4ccccc4)c3=O)C2=O)cc1. The predicted octanol–water partition coefficient (Wildman–Crippen LogP) is 4.54. The number of hydrogen-bond acceptors (Lipinski definition) is 9. The first kappa shape index (κ1) is 32.0. The molecule has 46 heavy (non-hydrogen) atoms. The smallest absolute Gasteiger partial charge is 0.338 e. The highest BCUT2D eigenvalue weighted by atomic mass is 32.2. The maximum Gasteiger partial charge on any atom is 0.338 e. The number of hydrogen-bond donors (Lipinski definition) is 1. The third-order valence-electron chi connectivity index (χ3n) is 7.20. The van der Waals surface area contributed by atoms with Gasteiger partial charge in [0.2, 0.25) is 11.8 Å². The maximum atomic E-state index is 13.9. The van der Waals surface area contributed by atoms with Gasteiger partial charge in [0.05, 0.1) is 36.9 Å². The van der Waals surface area contributed by atoms with Crippen molar-refractivity contribution in [1.82, 2.24) is 9.36 Å². The summed E-state index contributed by atoms with van der Waals surface area (Å²) in [7, 11) is 3.31. The fraction of sp³-hybridized carbons (Fsp3) is 0.212. The summed E-state index contributed by atoms with van der Waals surface area (Å²) in [5.41, 5.74) is 2.42. The van der Waals surface area contributed by atoms with E-state index in [1.807, 2.05) is 18.2 Å². The summed E-state index contributed by atoms with van der Waals surface area (Å²) in [4.78, 5) is 54.0. The minimum absolute atomic E-state index is 0.125. The van der Waals surface area contributed by atoms with Crippen molar-refractivity contribution in [2.24, 2.45) is 17.3 Å². The molecule has 0 saturated carbocycles. The van der Waals surface area contributed by atoms with Crippen LogP contribution in [-0.2, 0) is 21.4 Å². The van der Waals surface area contributed by atoms with E-state index in [0.717, 1.165) is 17.3 Å². The molecule has 236 valence electrons. The molecular formula is C33H32N6O6S. The minimum atomic E-state index is -0.877. The van der Waals surface area contributed by atoms with Crippen LogP contribution in [0.1, 0.15) is 35.0 Å². The Bertz CT molecular complexity index is 1860. The number of ether oxygens (including phenoxy) is 2. The number of methoxy groups -OCH3 is 1. The number of carbonyl (C=O) groups excluding carboxylic acids is 3. The van der Waals surface area contributed by atoms with Gasteiger partial charge in [0.15, 0.2) is 5.17 Å². The van der Waals surface area contributed by atoms with Crippen molar-refractivity contribution in [1.29, 1.82) is 0 Å². The van der Waals surface area contributed by atoms with Gasteiger partial charge in [0, 0.05) is 19.2 Å². The van der Waals surface area contributed by atoms with Gasteiger partial charge in [-0.2, -0.15) is 5.10 Å². The van der Waals surface area contributed by atoms with E-state index in [2.05, 4.69) is 15.5 Å². The Labute approximate surface area is 269 Å². The van der Waals surface area contributed by atoms with E-state index in [1.54, 1.807) is 93.4 Å². The first-order chi connectivity index (χ1) is 22.2. The Balaban J connectivity index is 1.43. The molecule has 1 saturated heterocycles. The van der Waals surface area contributed by atoms with E-state index < -0.39 is 28.6 Å². The van der Waals surface area contributed by atoms with Crippen LogP contribution < -0.4 is 20.5 Å². The summed E-state index contributed by atoms with van der Waals surface area (Å²) in [6.45, 7) is 3.71. The Hall–Kier alpha value is -5.43. The van der Waals surface area contributed by atoms with Crippen LogP contribution >= 0.6 is 11.8 Å². The summed E-state index contributed by atoms with van der Waals surface area (Å²) in [5.74, 6) is -0.666. The van der Waals surface area contributed by atoms with Crippen molar-refractivity contribution in [2.45, 2.75) is 25.5 Å². The highest BCUT2D eigenvalue weighted by molar-refractivity contribution is 8.16. The van der Waals surface area contributed by atoms with E-state index in [9.17, 15) is 19.2 Å². The van der Waals surface area contributed by atoms with E-state index >= 15 is 0 Å². The molecule has 0 unspecified atom stereocenters. The molecule has 5 rings (SSSR count). The summed E-state index contributed by atoms with van der Waals surface area (Å²) < 4.78 is 13.3. The Morgan fingerprint density at radius 1 is 1.00 bits per heavy atom. The second kappa shape index (κ2) is 14.1. The molecule has 0 bridgehead atoms. The maximum absolute atomic E-state index is 13.9. The Morgan fingerprint density at radius 2 is 1.70 bits per heavy atom. The van der Waals surface area contributed by atoms with Crippen LogP contribution in [-0.4, -0.2) is 57.5 Å².